The zero-order valence-electron chi connectivity index (χ0n) is 10.8. The molecule has 0 aromatic carbocycles. The Labute approximate surface area is 98.1 Å². The first kappa shape index (κ1) is 11.7. The Bertz CT molecular complexity index is 338. The normalized spacial score (nSPS) is 39.8. The van der Waals surface area contributed by atoms with Gasteiger partial charge < -0.3 is 4.74 Å². The molecular weight excluding hydrogens is 200 g/mol. The van der Waals surface area contributed by atoms with Crippen molar-refractivity contribution in [3.05, 3.63) is 12.2 Å². The van der Waals surface area contributed by atoms with Crippen LogP contribution >= 0.6 is 0 Å². The highest BCUT2D eigenvalue weighted by Gasteiger charge is 2.61. The lowest BCUT2D eigenvalue weighted by molar-refractivity contribution is -0.159. The van der Waals surface area contributed by atoms with Gasteiger partial charge in [-0.05, 0) is 32.1 Å². The average molecular weight is 222 g/mol. The predicted octanol–water partition coefficient (Wildman–Crippen LogP) is 3.32. The molecule has 0 aliphatic heterocycles. The molecule has 2 heteroatoms. The smallest absolute Gasteiger partial charge is 0.333 e. The van der Waals surface area contributed by atoms with Crippen molar-refractivity contribution in [3.63, 3.8) is 0 Å². The molecule has 2 rings (SSSR count). The van der Waals surface area contributed by atoms with Crippen LogP contribution in [0.15, 0.2) is 12.2 Å². The van der Waals surface area contributed by atoms with E-state index in [1.165, 1.54) is 19.3 Å². The van der Waals surface area contributed by atoms with Crippen LogP contribution in [-0.4, -0.2) is 12.1 Å². The minimum atomic E-state index is -0.230. The van der Waals surface area contributed by atoms with Crippen LogP contribution in [0.25, 0.3) is 0 Å². The zero-order chi connectivity index (χ0) is 12.1. The lowest BCUT2D eigenvalue weighted by Crippen LogP contribution is -2.43. The molecule has 2 nitrogen and oxygen atoms in total. The van der Waals surface area contributed by atoms with E-state index < -0.39 is 0 Å². The summed E-state index contributed by atoms with van der Waals surface area (Å²) in [6, 6.07) is 0. The summed E-state index contributed by atoms with van der Waals surface area (Å²) in [6.45, 7) is 12.1. The topological polar surface area (TPSA) is 26.3 Å². The Morgan fingerprint density at radius 3 is 2.44 bits per heavy atom. The minimum absolute atomic E-state index is 0.0583. The summed E-state index contributed by atoms with van der Waals surface area (Å²) in [4.78, 5) is 11.7. The van der Waals surface area contributed by atoms with Crippen LogP contribution in [0.5, 0.6) is 0 Å². The van der Waals surface area contributed by atoms with Gasteiger partial charge in [0.1, 0.15) is 6.10 Å². The molecule has 2 saturated carbocycles. The van der Waals surface area contributed by atoms with E-state index in [1.54, 1.807) is 6.92 Å². The van der Waals surface area contributed by atoms with Crippen LogP contribution in [0.4, 0.5) is 0 Å². The van der Waals surface area contributed by atoms with Crippen LogP contribution < -0.4 is 0 Å². The molecule has 3 atom stereocenters. The summed E-state index contributed by atoms with van der Waals surface area (Å²) < 4.78 is 5.69. The fraction of sp³-hybridized carbons (Fsp3) is 0.786. The van der Waals surface area contributed by atoms with Gasteiger partial charge in [0.2, 0.25) is 0 Å². The number of rotatable bonds is 2. The SMILES string of the molecule is C=C(C)C(=O)OC1C2(C)CCC(C2)C1(C)C. The van der Waals surface area contributed by atoms with Crippen molar-refractivity contribution in [2.45, 2.75) is 53.1 Å². The number of hydrogen-bond donors (Lipinski definition) is 0. The van der Waals surface area contributed by atoms with Crippen molar-refractivity contribution in [3.8, 4) is 0 Å². The summed E-state index contributed by atoms with van der Waals surface area (Å²) in [5.74, 6) is 0.479. The lowest BCUT2D eigenvalue weighted by Gasteiger charge is -2.41. The monoisotopic (exact) mass is 222 g/mol. The molecule has 0 saturated heterocycles. The van der Waals surface area contributed by atoms with Crippen LogP contribution in [0.3, 0.4) is 0 Å². The first-order valence-electron chi connectivity index (χ1n) is 6.14. The van der Waals surface area contributed by atoms with Crippen molar-refractivity contribution in [2.24, 2.45) is 16.7 Å². The van der Waals surface area contributed by atoms with Gasteiger partial charge in [0.05, 0.1) is 0 Å². The van der Waals surface area contributed by atoms with Gasteiger partial charge in [-0.15, -0.1) is 0 Å². The molecule has 0 spiro atoms. The van der Waals surface area contributed by atoms with Crippen molar-refractivity contribution >= 4 is 5.97 Å². The molecule has 0 amide bonds. The zero-order valence-corrected chi connectivity index (χ0v) is 10.8. The molecule has 0 aromatic rings. The van der Waals surface area contributed by atoms with Gasteiger partial charge in [0.25, 0.3) is 0 Å². The maximum absolute atomic E-state index is 11.7. The first-order valence-corrected chi connectivity index (χ1v) is 6.14. The Balaban J connectivity index is 2.20. The third-order valence-corrected chi connectivity index (χ3v) is 4.71. The van der Waals surface area contributed by atoms with E-state index in [-0.39, 0.29) is 22.9 Å². The lowest BCUT2D eigenvalue weighted by atomic mass is 9.70. The number of carbonyl (C=O) groups is 1. The van der Waals surface area contributed by atoms with Gasteiger partial charge >= 0.3 is 5.97 Å². The van der Waals surface area contributed by atoms with Crippen molar-refractivity contribution in [2.75, 3.05) is 0 Å². The van der Waals surface area contributed by atoms with Crippen LogP contribution in [-0.2, 0) is 9.53 Å². The Morgan fingerprint density at radius 2 is 2.00 bits per heavy atom. The second kappa shape index (κ2) is 3.35. The van der Waals surface area contributed by atoms with Gasteiger partial charge in [-0.25, -0.2) is 4.79 Å². The molecule has 2 aliphatic rings. The van der Waals surface area contributed by atoms with Crippen LogP contribution in [0.1, 0.15) is 47.0 Å². The van der Waals surface area contributed by atoms with Gasteiger partial charge in [-0.1, -0.05) is 27.4 Å². The largest absolute Gasteiger partial charge is 0.458 e. The molecular formula is C14H22O2. The predicted molar refractivity (Wildman–Crippen MR) is 63.9 cm³/mol. The number of ether oxygens (including phenoxy) is 1. The highest BCUT2D eigenvalue weighted by Crippen LogP contribution is 2.63. The van der Waals surface area contributed by atoms with Crippen LogP contribution in [0, 0.1) is 16.7 Å². The molecule has 2 bridgehead atoms. The van der Waals surface area contributed by atoms with Gasteiger partial charge in [0.15, 0.2) is 0 Å². The summed E-state index contributed by atoms with van der Waals surface area (Å²) in [7, 11) is 0. The summed E-state index contributed by atoms with van der Waals surface area (Å²) >= 11 is 0. The number of hydrogen-bond acceptors (Lipinski definition) is 2. The number of esters is 1. The van der Waals surface area contributed by atoms with E-state index in [4.69, 9.17) is 4.74 Å². The molecule has 0 N–H and O–H groups in total. The quantitative estimate of drug-likeness (QED) is 0.529. The molecule has 0 radical (unpaired) electrons. The fourth-order valence-electron chi connectivity index (χ4n) is 3.76. The standard InChI is InChI=1S/C14H22O2/c1-9(2)11(15)16-12-13(3,4)10-6-7-14(12,5)8-10/h10,12H,1,6-8H2,2-5H3. The molecule has 3 unspecified atom stereocenters. The first-order chi connectivity index (χ1) is 7.27. The van der Waals surface area contributed by atoms with Gasteiger partial charge in [-0.3, -0.25) is 0 Å². The second-order valence-electron chi connectivity index (χ2n) is 6.48. The number of fused-ring (bicyclic) bond motifs is 2. The number of carbonyl (C=O) groups excluding carboxylic acids is 1. The summed E-state index contributed by atoms with van der Waals surface area (Å²) in [5.41, 5.74) is 0.819. The van der Waals surface area contributed by atoms with E-state index in [0.29, 0.717) is 11.5 Å². The third kappa shape index (κ3) is 1.50. The second-order valence-corrected chi connectivity index (χ2v) is 6.48. The highest BCUT2D eigenvalue weighted by molar-refractivity contribution is 5.87. The van der Waals surface area contributed by atoms with Crippen molar-refractivity contribution in [1.82, 2.24) is 0 Å². The van der Waals surface area contributed by atoms with E-state index >= 15 is 0 Å². The third-order valence-electron chi connectivity index (χ3n) is 4.71. The van der Waals surface area contributed by atoms with Crippen molar-refractivity contribution in [1.29, 1.82) is 0 Å². The van der Waals surface area contributed by atoms with E-state index in [2.05, 4.69) is 27.4 Å². The van der Waals surface area contributed by atoms with E-state index in [0.717, 1.165) is 0 Å². The average Bonchev–Trinajstić information content (AvgIpc) is 2.63. The molecule has 2 fully saturated rings. The summed E-state index contributed by atoms with van der Waals surface area (Å²) in [5, 5.41) is 0. The van der Waals surface area contributed by atoms with Crippen molar-refractivity contribution < 1.29 is 9.53 Å². The minimum Gasteiger partial charge on any atom is -0.458 e. The van der Waals surface area contributed by atoms with Gasteiger partial charge in [0, 0.05) is 16.4 Å². The molecule has 16 heavy (non-hydrogen) atoms. The Morgan fingerprint density at radius 1 is 1.38 bits per heavy atom. The van der Waals surface area contributed by atoms with Gasteiger partial charge in [-0.2, -0.15) is 0 Å². The maximum atomic E-state index is 11.7. The maximum Gasteiger partial charge on any atom is 0.333 e. The molecule has 0 aromatic heterocycles. The molecule has 0 heterocycles. The molecule has 90 valence electrons. The Hall–Kier alpha value is -0.790. The highest BCUT2D eigenvalue weighted by atomic mass is 16.5. The van der Waals surface area contributed by atoms with Crippen LogP contribution in [0.2, 0.25) is 0 Å². The molecule has 2 aliphatic carbocycles. The van der Waals surface area contributed by atoms with E-state index in [1.807, 2.05) is 0 Å². The summed E-state index contributed by atoms with van der Waals surface area (Å²) in [6.07, 6.45) is 3.73. The Kier molecular flexibility index (Phi) is 2.45. The van der Waals surface area contributed by atoms with E-state index in [9.17, 15) is 4.79 Å². The fourth-order valence-corrected chi connectivity index (χ4v) is 3.76.